The van der Waals surface area contributed by atoms with Crippen molar-refractivity contribution in [1.82, 2.24) is 9.36 Å². The molecular formula is C9H16N2OS2. The van der Waals surface area contributed by atoms with Gasteiger partial charge in [-0.25, -0.2) is 4.98 Å². The molecule has 0 saturated heterocycles. The highest BCUT2D eigenvalue weighted by Gasteiger charge is 2.20. The lowest BCUT2D eigenvalue weighted by atomic mass is 9.96. The van der Waals surface area contributed by atoms with E-state index in [9.17, 15) is 0 Å². The topological polar surface area (TPSA) is 46.0 Å². The Morgan fingerprint density at radius 3 is 2.57 bits per heavy atom. The van der Waals surface area contributed by atoms with Crippen molar-refractivity contribution in [3.8, 4) is 0 Å². The molecule has 0 radical (unpaired) electrons. The summed E-state index contributed by atoms with van der Waals surface area (Å²) >= 11 is 2.99. The van der Waals surface area contributed by atoms with Crippen molar-refractivity contribution in [2.45, 2.75) is 42.7 Å². The van der Waals surface area contributed by atoms with Crippen molar-refractivity contribution in [3.63, 3.8) is 0 Å². The van der Waals surface area contributed by atoms with Gasteiger partial charge >= 0.3 is 0 Å². The van der Waals surface area contributed by atoms with Crippen LogP contribution >= 0.6 is 23.3 Å². The molecule has 0 spiro atoms. The minimum atomic E-state index is 0.0117. The number of aliphatic hydroxyl groups excluding tert-OH is 1. The van der Waals surface area contributed by atoms with Gasteiger partial charge in [-0.05, 0) is 11.5 Å². The molecule has 0 amide bonds. The summed E-state index contributed by atoms with van der Waals surface area (Å²) in [6, 6.07) is 0. The van der Waals surface area contributed by atoms with Crippen LogP contribution in [-0.4, -0.2) is 26.3 Å². The fourth-order valence-electron chi connectivity index (χ4n) is 0.771. The van der Waals surface area contributed by atoms with Gasteiger partial charge in [0, 0.05) is 10.7 Å². The van der Waals surface area contributed by atoms with E-state index in [-0.39, 0.29) is 17.3 Å². The van der Waals surface area contributed by atoms with Crippen molar-refractivity contribution in [1.29, 1.82) is 0 Å². The first-order chi connectivity index (χ1) is 6.43. The quantitative estimate of drug-likeness (QED) is 0.812. The number of hydrogen-bond acceptors (Lipinski definition) is 5. The van der Waals surface area contributed by atoms with Crippen LogP contribution in [0.1, 0.15) is 33.5 Å². The number of rotatable bonds is 3. The molecule has 1 aromatic heterocycles. The Balaban J connectivity index is 2.69. The Hall–Kier alpha value is -0.130. The van der Waals surface area contributed by atoms with Crippen molar-refractivity contribution >= 4 is 23.3 Å². The third-order valence-corrected chi connectivity index (χ3v) is 3.51. The predicted molar refractivity (Wildman–Crippen MR) is 61.0 cm³/mol. The zero-order chi connectivity index (χ0) is 10.8. The van der Waals surface area contributed by atoms with Crippen LogP contribution in [-0.2, 0) is 5.41 Å². The zero-order valence-electron chi connectivity index (χ0n) is 8.94. The molecule has 1 atom stereocenters. The molecule has 1 N–H and O–H groups in total. The molecule has 5 heteroatoms. The molecule has 1 rings (SSSR count). The van der Waals surface area contributed by atoms with Gasteiger partial charge < -0.3 is 5.11 Å². The summed E-state index contributed by atoms with van der Waals surface area (Å²) in [4.78, 5) is 4.43. The summed E-state index contributed by atoms with van der Waals surface area (Å²) < 4.78 is 5.24. The van der Waals surface area contributed by atoms with Gasteiger partial charge in [-0.2, -0.15) is 4.37 Å². The molecule has 0 aliphatic rings. The van der Waals surface area contributed by atoms with Crippen molar-refractivity contribution in [3.05, 3.63) is 5.82 Å². The van der Waals surface area contributed by atoms with E-state index < -0.39 is 0 Å². The van der Waals surface area contributed by atoms with Crippen molar-refractivity contribution < 1.29 is 5.11 Å². The fraction of sp³-hybridized carbons (Fsp3) is 0.778. The molecule has 80 valence electrons. The second kappa shape index (κ2) is 4.59. The van der Waals surface area contributed by atoms with Crippen LogP contribution in [0.25, 0.3) is 0 Å². The van der Waals surface area contributed by atoms with Crippen LogP contribution in [0.2, 0.25) is 0 Å². The highest BCUT2D eigenvalue weighted by molar-refractivity contribution is 8.01. The molecule has 14 heavy (non-hydrogen) atoms. The average Bonchev–Trinajstić information content (AvgIpc) is 2.51. The number of aromatic nitrogens is 2. The molecule has 0 aliphatic heterocycles. The second-order valence-corrected chi connectivity index (χ2v) is 6.68. The SMILES string of the molecule is CC(CO)Sc1nc(C(C)(C)C)ns1. The molecule has 0 aromatic carbocycles. The number of thioether (sulfide) groups is 1. The van der Waals surface area contributed by atoms with Crippen LogP contribution < -0.4 is 0 Å². The van der Waals surface area contributed by atoms with Gasteiger partial charge in [0.05, 0.1) is 6.61 Å². The van der Waals surface area contributed by atoms with Gasteiger partial charge in [0.15, 0.2) is 4.34 Å². The van der Waals surface area contributed by atoms with Crippen LogP contribution in [0.4, 0.5) is 0 Å². The predicted octanol–water partition coefficient (Wildman–Crippen LogP) is 2.31. The lowest BCUT2D eigenvalue weighted by molar-refractivity contribution is 0.300. The van der Waals surface area contributed by atoms with Crippen molar-refractivity contribution in [2.24, 2.45) is 0 Å². The van der Waals surface area contributed by atoms with Gasteiger partial charge in [0.2, 0.25) is 0 Å². The molecule has 0 fully saturated rings. The van der Waals surface area contributed by atoms with E-state index in [1.165, 1.54) is 11.5 Å². The first kappa shape index (κ1) is 11.9. The number of hydrogen-bond donors (Lipinski definition) is 1. The largest absolute Gasteiger partial charge is 0.395 e. The van der Waals surface area contributed by atoms with E-state index >= 15 is 0 Å². The molecule has 0 bridgehead atoms. The second-order valence-electron chi connectivity index (χ2n) is 4.24. The molecule has 1 heterocycles. The van der Waals surface area contributed by atoms with Gasteiger partial charge in [-0.3, -0.25) is 0 Å². The summed E-state index contributed by atoms with van der Waals surface area (Å²) in [5.41, 5.74) is 0.0117. The van der Waals surface area contributed by atoms with E-state index in [0.29, 0.717) is 0 Å². The first-order valence-electron chi connectivity index (χ1n) is 4.55. The van der Waals surface area contributed by atoms with Gasteiger partial charge in [0.25, 0.3) is 0 Å². The molecule has 3 nitrogen and oxygen atoms in total. The summed E-state index contributed by atoms with van der Waals surface area (Å²) in [7, 11) is 0. The smallest absolute Gasteiger partial charge is 0.170 e. The summed E-state index contributed by atoms with van der Waals surface area (Å²) in [5.74, 6) is 0.884. The Morgan fingerprint density at radius 1 is 1.50 bits per heavy atom. The minimum Gasteiger partial charge on any atom is -0.395 e. The Morgan fingerprint density at radius 2 is 2.14 bits per heavy atom. The lowest BCUT2D eigenvalue weighted by Gasteiger charge is -2.12. The van der Waals surface area contributed by atoms with E-state index in [0.717, 1.165) is 10.2 Å². The van der Waals surface area contributed by atoms with E-state index in [2.05, 4.69) is 30.1 Å². The molecular weight excluding hydrogens is 216 g/mol. The molecule has 0 aliphatic carbocycles. The maximum atomic E-state index is 8.90. The summed E-state index contributed by atoms with van der Waals surface area (Å²) in [6.07, 6.45) is 0. The van der Waals surface area contributed by atoms with E-state index in [4.69, 9.17) is 5.11 Å². The number of nitrogens with zero attached hydrogens (tertiary/aromatic N) is 2. The van der Waals surface area contributed by atoms with Crippen LogP contribution in [0.5, 0.6) is 0 Å². The van der Waals surface area contributed by atoms with E-state index in [1.54, 1.807) is 11.8 Å². The Bertz CT molecular complexity index is 293. The molecule has 0 saturated carbocycles. The Kier molecular flexibility index (Phi) is 3.92. The maximum Gasteiger partial charge on any atom is 0.170 e. The normalized spacial score (nSPS) is 14.4. The lowest BCUT2D eigenvalue weighted by Crippen LogP contribution is -2.13. The average molecular weight is 232 g/mol. The monoisotopic (exact) mass is 232 g/mol. The van der Waals surface area contributed by atoms with Crippen molar-refractivity contribution in [2.75, 3.05) is 6.61 Å². The van der Waals surface area contributed by atoms with Gasteiger partial charge in [-0.1, -0.05) is 39.5 Å². The minimum absolute atomic E-state index is 0.0117. The first-order valence-corrected chi connectivity index (χ1v) is 6.20. The summed E-state index contributed by atoms with van der Waals surface area (Å²) in [5, 5.41) is 9.09. The van der Waals surface area contributed by atoms with Crippen LogP contribution in [0.3, 0.4) is 0 Å². The Labute approximate surface area is 93.1 Å². The highest BCUT2D eigenvalue weighted by atomic mass is 32.2. The maximum absolute atomic E-state index is 8.90. The van der Waals surface area contributed by atoms with E-state index in [1.807, 2.05) is 6.92 Å². The van der Waals surface area contributed by atoms with Crippen LogP contribution in [0, 0.1) is 0 Å². The zero-order valence-corrected chi connectivity index (χ0v) is 10.6. The number of aliphatic hydroxyl groups is 1. The highest BCUT2D eigenvalue weighted by Crippen LogP contribution is 2.28. The molecule has 1 aromatic rings. The molecule has 1 unspecified atom stereocenters. The third kappa shape index (κ3) is 3.22. The summed E-state index contributed by atoms with van der Waals surface area (Å²) in [6.45, 7) is 8.44. The van der Waals surface area contributed by atoms with Crippen LogP contribution in [0.15, 0.2) is 4.34 Å². The fourth-order valence-corrected chi connectivity index (χ4v) is 2.71. The van der Waals surface area contributed by atoms with Gasteiger partial charge in [0.1, 0.15) is 5.82 Å². The standard InChI is InChI=1S/C9H16N2OS2/c1-6(5-12)13-8-10-7(11-14-8)9(2,3)4/h6,12H,5H2,1-4H3. The van der Waals surface area contributed by atoms with Gasteiger partial charge in [-0.15, -0.1) is 0 Å². The third-order valence-electron chi connectivity index (χ3n) is 1.64.